The van der Waals surface area contributed by atoms with E-state index in [4.69, 9.17) is 9.57 Å². The van der Waals surface area contributed by atoms with Crippen LogP contribution >= 0.6 is 0 Å². The van der Waals surface area contributed by atoms with Crippen molar-refractivity contribution in [2.45, 2.75) is 64.7 Å². The SMILES string of the molecule is CC(=O)N(Cc1cc(C(F)(F)F)cc(C(F)(F)F)c1)C1CCCN(OC(=O)OC(C)C)c2cccnc21. The highest BCUT2D eigenvalue weighted by Gasteiger charge is 2.38. The zero-order valence-electron chi connectivity index (χ0n) is 20.2. The van der Waals surface area contributed by atoms with Gasteiger partial charge >= 0.3 is 18.5 Å². The first-order valence-electron chi connectivity index (χ1n) is 11.3. The lowest BCUT2D eigenvalue weighted by Gasteiger charge is -2.31. The molecule has 0 saturated carbocycles. The zero-order chi connectivity index (χ0) is 27.5. The van der Waals surface area contributed by atoms with Gasteiger partial charge in [-0.25, -0.2) is 9.86 Å². The van der Waals surface area contributed by atoms with E-state index in [0.717, 1.165) is 4.90 Å². The van der Waals surface area contributed by atoms with Gasteiger partial charge in [-0.1, -0.05) is 0 Å². The van der Waals surface area contributed by atoms with Crippen molar-refractivity contribution in [3.05, 3.63) is 58.9 Å². The molecule has 2 aromatic rings. The van der Waals surface area contributed by atoms with Crippen LogP contribution in [0.2, 0.25) is 0 Å². The molecule has 13 heteroatoms. The van der Waals surface area contributed by atoms with E-state index in [9.17, 15) is 35.9 Å². The molecule has 2 heterocycles. The van der Waals surface area contributed by atoms with Crippen LogP contribution < -0.4 is 5.06 Å². The highest BCUT2D eigenvalue weighted by molar-refractivity contribution is 5.74. The van der Waals surface area contributed by atoms with Crippen LogP contribution in [0.1, 0.15) is 62.0 Å². The maximum atomic E-state index is 13.3. The highest BCUT2D eigenvalue weighted by atomic mass is 19.4. The molecule has 1 aliphatic heterocycles. The fourth-order valence-electron chi connectivity index (χ4n) is 4.01. The number of carbonyl (C=O) groups is 2. The molecule has 1 aromatic carbocycles. The predicted octanol–water partition coefficient (Wildman–Crippen LogP) is 6.29. The minimum atomic E-state index is -5.02. The number of aromatic nitrogens is 1. The molecule has 3 rings (SSSR count). The molecule has 0 N–H and O–H groups in total. The van der Waals surface area contributed by atoms with E-state index in [1.54, 1.807) is 26.0 Å². The van der Waals surface area contributed by atoms with Gasteiger partial charge in [0.05, 0.1) is 41.2 Å². The Bertz CT molecular complexity index is 1100. The molecular weight excluding hydrogens is 508 g/mol. The lowest BCUT2D eigenvalue weighted by atomic mass is 10.0. The third-order valence-electron chi connectivity index (χ3n) is 5.54. The number of ether oxygens (including phenoxy) is 1. The van der Waals surface area contributed by atoms with E-state index in [1.807, 2.05) is 0 Å². The van der Waals surface area contributed by atoms with Gasteiger partial charge in [0.25, 0.3) is 0 Å². The van der Waals surface area contributed by atoms with Crippen LogP contribution in [-0.2, 0) is 33.3 Å². The Hall–Kier alpha value is -3.51. The Balaban J connectivity index is 2.00. The van der Waals surface area contributed by atoms with Gasteiger partial charge in [0.2, 0.25) is 5.91 Å². The number of hydrogen-bond acceptors (Lipinski definition) is 6. The normalized spacial score (nSPS) is 16.2. The fourth-order valence-corrected chi connectivity index (χ4v) is 4.01. The van der Waals surface area contributed by atoms with E-state index in [-0.39, 0.29) is 30.3 Å². The van der Waals surface area contributed by atoms with Crippen molar-refractivity contribution in [1.29, 1.82) is 0 Å². The Kier molecular flexibility index (Phi) is 8.23. The first kappa shape index (κ1) is 28.1. The number of rotatable bonds is 5. The Labute approximate surface area is 208 Å². The average Bonchev–Trinajstić information content (AvgIpc) is 2.95. The summed E-state index contributed by atoms with van der Waals surface area (Å²) in [6.45, 7) is 4.10. The van der Waals surface area contributed by atoms with Gasteiger partial charge in [-0.15, -0.1) is 0 Å². The highest BCUT2D eigenvalue weighted by Crippen LogP contribution is 2.39. The van der Waals surface area contributed by atoms with Crippen LogP contribution in [-0.4, -0.2) is 34.6 Å². The second kappa shape index (κ2) is 10.9. The van der Waals surface area contributed by atoms with Gasteiger partial charge in [-0.3, -0.25) is 9.78 Å². The van der Waals surface area contributed by atoms with Gasteiger partial charge in [0, 0.05) is 19.7 Å². The van der Waals surface area contributed by atoms with Crippen molar-refractivity contribution in [3.63, 3.8) is 0 Å². The molecule has 0 radical (unpaired) electrons. The molecule has 0 aliphatic carbocycles. The van der Waals surface area contributed by atoms with Gasteiger partial charge in [-0.05, 0) is 62.6 Å². The summed E-state index contributed by atoms with van der Waals surface area (Å²) in [7, 11) is 0. The van der Waals surface area contributed by atoms with E-state index < -0.39 is 54.2 Å². The largest absolute Gasteiger partial charge is 0.533 e. The van der Waals surface area contributed by atoms with E-state index in [2.05, 4.69) is 4.98 Å². The molecule has 0 bridgehead atoms. The van der Waals surface area contributed by atoms with Gasteiger partial charge < -0.3 is 14.5 Å². The fraction of sp³-hybridized carbons (Fsp3) is 0.458. The summed E-state index contributed by atoms with van der Waals surface area (Å²) in [6, 6.07) is 3.55. The Morgan fingerprint density at radius 3 is 2.27 bits per heavy atom. The minimum absolute atomic E-state index is 0.0373. The summed E-state index contributed by atoms with van der Waals surface area (Å²) >= 11 is 0. The second-order valence-electron chi connectivity index (χ2n) is 8.74. The number of hydrogen-bond donors (Lipinski definition) is 0. The van der Waals surface area contributed by atoms with Crippen molar-refractivity contribution in [3.8, 4) is 0 Å². The van der Waals surface area contributed by atoms with Crippen LogP contribution in [0.3, 0.4) is 0 Å². The molecule has 37 heavy (non-hydrogen) atoms. The number of anilines is 1. The van der Waals surface area contributed by atoms with Gasteiger partial charge in [0.15, 0.2) is 0 Å². The van der Waals surface area contributed by atoms with Crippen LogP contribution in [0, 0.1) is 0 Å². The first-order chi connectivity index (χ1) is 17.2. The number of nitrogens with zero attached hydrogens (tertiary/aromatic N) is 3. The molecule has 1 aromatic heterocycles. The summed E-state index contributed by atoms with van der Waals surface area (Å²) in [4.78, 5) is 35.5. The molecule has 0 saturated heterocycles. The molecule has 1 amide bonds. The van der Waals surface area contributed by atoms with Crippen LogP contribution in [0.5, 0.6) is 0 Å². The summed E-state index contributed by atoms with van der Waals surface area (Å²) in [5.41, 5.74) is -2.69. The van der Waals surface area contributed by atoms with Crippen LogP contribution in [0.15, 0.2) is 36.5 Å². The number of hydroxylamine groups is 1. The molecule has 1 aliphatic rings. The molecule has 0 fully saturated rings. The van der Waals surface area contributed by atoms with E-state index in [1.165, 1.54) is 18.2 Å². The standard InChI is InChI=1S/C24H25F6N3O4/c1-14(2)36-22(35)37-33-9-5-7-19(21-20(33)6-4-8-31-21)32(15(3)34)13-16-10-17(23(25,26)27)12-18(11-16)24(28,29)30/h4,6,8,10-12,14,19H,5,7,9,13H2,1-3H3. The second-order valence-corrected chi connectivity index (χ2v) is 8.74. The Morgan fingerprint density at radius 2 is 1.73 bits per heavy atom. The molecule has 1 unspecified atom stereocenters. The number of benzene rings is 1. The number of fused-ring (bicyclic) bond motifs is 1. The molecule has 202 valence electrons. The number of carbonyl (C=O) groups excluding carboxylic acids is 2. The summed E-state index contributed by atoms with van der Waals surface area (Å²) in [5, 5.41) is 1.25. The molecule has 1 atom stereocenters. The van der Waals surface area contributed by atoms with Crippen molar-refractivity contribution in [2.75, 3.05) is 11.6 Å². The maximum Gasteiger partial charge on any atom is 0.533 e. The van der Waals surface area contributed by atoms with E-state index in [0.29, 0.717) is 24.2 Å². The summed E-state index contributed by atoms with van der Waals surface area (Å²) in [6.07, 6.45) is -9.40. The van der Waals surface area contributed by atoms with E-state index >= 15 is 0 Å². The third kappa shape index (κ3) is 7.04. The number of amides is 1. The quantitative estimate of drug-likeness (QED) is 0.333. The van der Waals surface area contributed by atoms with Crippen molar-refractivity contribution in [1.82, 2.24) is 9.88 Å². The predicted molar refractivity (Wildman–Crippen MR) is 119 cm³/mol. The average molecular weight is 533 g/mol. The lowest BCUT2D eigenvalue weighted by Crippen LogP contribution is -2.34. The summed E-state index contributed by atoms with van der Waals surface area (Å²) < 4.78 is 85.1. The summed E-state index contributed by atoms with van der Waals surface area (Å²) in [5.74, 6) is -0.582. The van der Waals surface area contributed by atoms with Crippen molar-refractivity contribution < 1.29 is 45.5 Å². The topological polar surface area (TPSA) is 72.0 Å². The third-order valence-corrected chi connectivity index (χ3v) is 5.54. The Morgan fingerprint density at radius 1 is 1.11 bits per heavy atom. The zero-order valence-corrected chi connectivity index (χ0v) is 20.2. The number of pyridine rings is 1. The van der Waals surface area contributed by atoms with Crippen LogP contribution in [0.4, 0.5) is 36.8 Å². The maximum absolute atomic E-state index is 13.3. The molecular formula is C24H25F6N3O4. The molecule has 0 spiro atoms. The molecule has 7 nitrogen and oxygen atoms in total. The van der Waals surface area contributed by atoms with Gasteiger partial charge in [-0.2, -0.15) is 26.3 Å². The number of halogens is 6. The van der Waals surface area contributed by atoms with Crippen molar-refractivity contribution >= 4 is 17.7 Å². The monoisotopic (exact) mass is 533 g/mol. The van der Waals surface area contributed by atoms with Crippen LogP contribution in [0.25, 0.3) is 0 Å². The minimum Gasteiger partial charge on any atom is -0.430 e. The smallest absolute Gasteiger partial charge is 0.430 e. The lowest BCUT2D eigenvalue weighted by molar-refractivity contribution is -0.143. The van der Waals surface area contributed by atoms with Gasteiger partial charge in [0.1, 0.15) is 0 Å². The van der Waals surface area contributed by atoms with Crippen molar-refractivity contribution in [2.24, 2.45) is 0 Å². The first-order valence-corrected chi connectivity index (χ1v) is 11.3. The number of alkyl halides is 6.